The number of hydrogen-bond donors (Lipinski definition) is 1. The third-order valence-electron chi connectivity index (χ3n) is 6.32. The number of nitrogens with one attached hydrogen (secondary N) is 1. The van der Waals surface area contributed by atoms with Crippen molar-refractivity contribution in [3.8, 4) is 11.5 Å². The molecule has 0 spiro atoms. The Morgan fingerprint density at radius 3 is 2.62 bits per heavy atom. The second-order valence-electron chi connectivity index (χ2n) is 10.2. The molecule has 11 nitrogen and oxygen atoms in total. The van der Waals surface area contributed by atoms with E-state index < -0.39 is 42.9 Å². The molecule has 1 aromatic carbocycles. The summed E-state index contributed by atoms with van der Waals surface area (Å²) in [5.74, 6) is -1.91. The number of esters is 2. The number of nitrogens with zero attached hydrogens (tertiary/aromatic N) is 1. The third-order valence-corrected chi connectivity index (χ3v) is 6.91. The van der Waals surface area contributed by atoms with Crippen LogP contribution in [0, 0.1) is 11.8 Å². The number of methoxy groups -OCH3 is 1. The molecule has 1 saturated heterocycles. The van der Waals surface area contributed by atoms with Gasteiger partial charge in [-0.3, -0.25) is 9.59 Å². The average Bonchev–Trinajstić information content (AvgIpc) is 2.97. The van der Waals surface area contributed by atoms with Crippen LogP contribution in [0.1, 0.15) is 43.7 Å². The summed E-state index contributed by atoms with van der Waals surface area (Å²) in [6.45, 7) is 7.00. The van der Waals surface area contributed by atoms with Gasteiger partial charge in [0.15, 0.2) is 23.2 Å². The van der Waals surface area contributed by atoms with Crippen molar-refractivity contribution in [1.82, 2.24) is 10.3 Å². The van der Waals surface area contributed by atoms with Crippen molar-refractivity contribution < 1.29 is 42.8 Å². The highest BCUT2D eigenvalue weighted by Crippen LogP contribution is 2.30. The Labute approximate surface area is 255 Å². The first kappa shape index (κ1) is 33.4. The normalized spacial score (nSPS) is 21.0. The minimum Gasteiger partial charge on any atom is -0.493 e. The molecule has 1 aliphatic heterocycles. The smallest absolute Gasteiger partial charge is 0.331 e. The van der Waals surface area contributed by atoms with Gasteiger partial charge < -0.3 is 33.7 Å². The van der Waals surface area contributed by atoms with Crippen molar-refractivity contribution >= 4 is 41.0 Å². The number of carbonyl (C=O) groups excluding carboxylic acids is 3. The van der Waals surface area contributed by atoms with E-state index in [0.717, 1.165) is 5.56 Å². The molecule has 0 saturated carbocycles. The lowest BCUT2D eigenvalue weighted by Gasteiger charge is -2.31. The fourth-order valence-corrected chi connectivity index (χ4v) is 4.81. The third kappa shape index (κ3) is 9.45. The summed E-state index contributed by atoms with van der Waals surface area (Å²) in [7, 11) is 1.38. The molecule has 13 heteroatoms. The van der Waals surface area contributed by atoms with Gasteiger partial charge in [0.1, 0.15) is 6.10 Å². The number of halogens is 2. The second kappa shape index (κ2) is 15.9. The molecule has 1 aliphatic rings. The lowest BCUT2D eigenvalue weighted by atomic mass is 9.91. The van der Waals surface area contributed by atoms with Crippen LogP contribution in [-0.2, 0) is 35.0 Å². The topological polar surface area (TPSA) is 132 Å². The number of pyridine rings is 1. The van der Waals surface area contributed by atoms with E-state index in [1.165, 1.54) is 26.3 Å². The maximum Gasteiger partial charge on any atom is 0.331 e. The molecule has 1 amide bonds. The van der Waals surface area contributed by atoms with E-state index in [9.17, 15) is 14.4 Å². The van der Waals surface area contributed by atoms with E-state index in [-0.39, 0.29) is 42.2 Å². The summed E-state index contributed by atoms with van der Waals surface area (Å²) in [5.41, 5.74) is 0.663. The minimum absolute atomic E-state index is 0.0634. The monoisotopic (exact) mass is 626 g/mol. The van der Waals surface area contributed by atoms with E-state index >= 15 is 0 Å². The number of hydrogen-bond acceptors (Lipinski definition) is 10. The van der Waals surface area contributed by atoms with Gasteiger partial charge in [-0.25, -0.2) is 9.78 Å². The highest BCUT2D eigenvalue weighted by atomic mass is 35.5. The van der Waals surface area contributed by atoms with Crippen LogP contribution >= 0.6 is 23.2 Å². The first-order valence-corrected chi connectivity index (χ1v) is 14.2. The van der Waals surface area contributed by atoms with E-state index in [4.69, 9.17) is 51.6 Å². The lowest BCUT2D eigenvalue weighted by Crippen LogP contribution is -2.46. The zero-order valence-electron chi connectivity index (χ0n) is 24.2. The average molecular weight is 628 g/mol. The number of cyclic esters (lactones) is 1. The second-order valence-corrected chi connectivity index (χ2v) is 11.0. The largest absolute Gasteiger partial charge is 0.493 e. The zero-order chi connectivity index (χ0) is 30.8. The van der Waals surface area contributed by atoms with Crippen LogP contribution in [0.25, 0.3) is 0 Å². The molecule has 2 heterocycles. The highest BCUT2D eigenvalue weighted by Gasteiger charge is 2.36. The standard InChI is InChI=1S/C29H36Cl2N2O9/c1-16(2)12-39-26-17(3)42-29(36)23(14-38-13-20(26)10-19-6-7-21(30)11-22(19)31)33-28(35)25-27(41-15-40-18(4)34)24(37-5)8-9-32-25/h6-9,11,16-17,20,23,26H,10,12-15H2,1-5H3,(H,33,35)/t17-,20-,23-,26-/m0/s1. The van der Waals surface area contributed by atoms with Gasteiger partial charge in [-0.1, -0.05) is 43.1 Å². The molecule has 1 aromatic heterocycles. The molecular weight excluding hydrogens is 591 g/mol. The Morgan fingerprint density at radius 2 is 1.95 bits per heavy atom. The Bertz CT molecular complexity index is 1240. The van der Waals surface area contributed by atoms with Gasteiger partial charge >= 0.3 is 11.9 Å². The van der Waals surface area contributed by atoms with Crippen LogP contribution in [0.3, 0.4) is 0 Å². The summed E-state index contributed by atoms with van der Waals surface area (Å²) < 4.78 is 33.6. The zero-order valence-corrected chi connectivity index (χ0v) is 25.7. The van der Waals surface area contributed by atoms with Crippen molar-refractivity contribution in [3.63, 3.8) is 0 Å². The number of rotatable bonds is 11. The molecule has 0 unspecified atom stereocenters. The van der Waals surface area contributed by atoms with Crippen molar-refractivity contribution in [2.24, 2.45) is 11.8 Å². The van der Waals surface area contributed by atoms with Crippen LogP contribution in [0.2, 0.25) is 10.0 Å². The molecule has 0 aliphatic carbocycles. The fraction of sp³-hybridized carbons (Fsp3) is 0.517. The summed E-state index contributed by atoms with van der Waals surface area (Å²) in [6.07, 6.45) is 0.634. The number of amides is 1. The van der Waals surface area contributed by atoms with Crippen molar-refractivity contribution in [3.05, 3.63) is 51.8 Å². The minimum atomic E-state index is -1.17. The molecule has 1 fully saturated rings. The van der Waals surface area contributed by atoms with E-state index in [2.05, 4.69) is 10.3 Å². The fourth-order valence-electron chi connectivity index (χ4n) is 4.33. The molecular formula is C29H36Cl2N2O9. The first-order chi connectivity index (χ1) is 20.0. The predicted octanol–water partition coefficient (Wildman–Crippen LogP) is 4.26. The highest BCUT2D eigenvalue weighted by molar-refractivity contribution is 6.35. The van der Waals surface area contributed by atoms with Gasteiger partial charge in [0.25, 0.3) is 5.91 Å². The van der Waals surface area contributed by atoms with Gasteiger partial charge in [-0.2, -0.15) is 0 Å². The van der Waals surface area contributed by atoms with Crippen LogP contribution in [0.5, 0.6) is 11.5 Å². The summed E-state index contributed by atoms with van der Waals surface area (Å²) in [6, 6.07) is 5.58. The van der Waals surface area contributed by atoms with Crippen LogP contribution in [-0.4, -0.2) is 74.8 Å². The number of carbonyl (C=O) groups is 3. The van der Waals surface area contributed by atoms with Crippen LogP contribution in [0.15, 0.2) is 30.5 Å². The molecule has 3 rings (SSSR count). The van der Waals surface area contributed by atoms with Gasteiger partial charge in [0.2, 0.25) is 6.79 Å². The molecule has 0 radical (unpaired) electrons. The molecule has 2 aromatic rings. The maximum absolute atomic E-state index is 13.3. The molecule has 42 heavy (non-hydrogen) atoms. The first-order valence-electron chi connectivity index (χ1n) is 13.4. The molecule has 0 bridgehead atoms. The van der Waals surface area contributed by atoms with Gasteiger partial charge in [0, 0.05) is 41.8 Å². The Kier molecular flexibility index (Phi) is 12.7. The molecule has 230 valence electrons. The Hall–Kier alpha value is -3.12. The van der Waals surface area contributed by atoms with Gasteiger partial charge in [-0.05, 0) is 37.0 Å². The van der Waals surface area contributed by atoms with Crippen LogP contribution in [0.4, 0.5) is 0 Å². The maximum atomic E-state index is 13.3. The summed E-state index contributed by atoms with van der Waals surface area (Å²) >= 11 is 12.5. The van der Waals surface area contributed by atoms with Crippen molar-refractivity contribution in [2.75, 3.05) is 33.7 Å². The quantitative estimate of drug-likeness (QED) is 0.285. The number of aromatic nitrogens is 1. The molecule has 1 N–H and O–H groups in total. The Balaban J connectivity index is 1.81. The summed E-state index contributed by atoms with van der Waals surface area (Å²) in [4.78, 5) is 41.8. The Morgan fingerprint density at radius 1 is 1.19 bits per heavy atom. The predicted molar refractivity (Wildman–Crippen MR) is 154 cm³/mol. The number of benzene rings is 1. The van der Waals surface area contributed by atoms with Gasteiger partial charge in [-0.15, -0.1) is 0 Å². The SMILES string of the molecule is COc1ccnc(C(=O)N[C@H]2COC[C@H](Cc3ccc(Cl)cc3Cl)[C@@H](OCC(C)C)[C@H](C)OC2=O)c1OCOC(C)=O. The van der Waals surface area contributed by atoms with E-state index in [0.29, 0.717) is 23.1 Å². The van der Waals surface area contributed by atoms with E-state index in [1.54, 1.807) is 19.1 Å². The number of ether oxygens (including phenoxy) is 6. The molecule has 4 atom stereocenters. The lowest BCUT2D eigenvalue weighted by molar-refractivity contribution is -0.161. The van der Waals surface area contributed by atoms with Crippen molar-refractivity contribution in [1.29, 1.82) is 0 Å². The van der Waals surface area contributed by atoms with Crippen LogP contribution < -0.4 is 14.8 Å². The summed E-state index contributed by atoms with van der Waals surface area (Å²) in [5, 5.41) is 3.65. The van der Waals surface area contributed by atoms with Crippen molar-refractivity contribution in [2.45, 2.75) is 52.4 Å². The van der Waals surface area contributed by atoms with E-state index in [1.807, 2.05) is 19.9 Å². The van der Waals surface area contributed by atoms with Gasteiger partial charge in [0.05, 0.1) is 26.4 Å².